The molecule has 13 heavy (non-hydrogen) atoms. The van der Waals surface area contributed by atoms with Crippen molar-refractivity contribution in [2.24, 2.45) is 5.92 Å². The third-order valence-corrected chi connectivity index (χ3v) is 2.16. The van der Waals surface area contributed by atoms with Gasteiger partial charge in [-0.3, -0.25) is 4.79 Å². The maximum Gasteiger partial charge on any atom is 0.323 e. The molecule has 2 atom stereocenters. The molecule has 0 aromatic heterocycles. The zero-order valence-electron chi connectivity index (χ0n) is 7.54. The van der Waals surface area contributed by atoms with E-state index in [9.17, 15) is 9.59 Å². The number of aliphatic carboxylic acids is 1. The molecule has 0 aliphatic heterocycles. The van der Waals surface area contributed by atoms with Gasteiger partial charge in [0, 0.05) is 6.04 Å². The van der Waals surface area contributed by atoms with E-state index in [4.69, 9.17) is 5.11 Å². The highest BCUT2D eigenvalue weighted by molar-refractivity contribution is 5.80. The second kappa shape index (κ2) is 4.11. The summed E-state index contributed by atoms with van der Waals surface area (Å²) < 4.78 is 0. The second-order valence-corrected chi connectivity index (χ2v) is 3.23. The van der Waals surface area contributed by atoms with Crippen LogP contribution in [-0.2, 0) is 4.79 Å². The largest absolute Gasteiger partial charge is 0.480 e. The molecule has 0 heterocycles. The second-order valence-electron chi connectivity index (χ2n) is 3.23. The van der Waals surface area contributed by atoms with Crippen LogP contribution in [0.1, 0.15) is 19.8 Å². The normalized spacial score (nSPS) is 25.0. The molecule has 1 rings (SSSR count). The Bertz CT molecular complexity index is 217. The van der Waals surface area contributed by atoms with Crippen molar-refractivity contribution in [1.82, 2.24) is 10.6 Å². The van der Waals surface area contributed by atoms with Crippen molar-refractivity contribution in [3.63, 3.8) is 0 Å². The first-order valence-electron chi connectivity index (χ1n) is 4.39. The van der Waals surface area contributed by atoms with Crippen LogP contribution in [0.2, 0.25) is 0 Å². The Kier molecular flexibility index (Phi) is 3.11. The van der Waals surface area contributed by atoms with Gasteiger partial charge < -0.3 is 15.7 Å². The number of carboxylic acid groups (broad SMARTS) is 1. The van der Waals surface area contributed by atoms with Crippen LogP contribution in [0.5, 0.6) is 0 Å². The minimum Gasteiger partial charge on any atom is -0.480 e. The van der Waals surface area contributed by atoms with Gasteiger partial charge >= 0.3 is 12.0 Å². The van der Waals surface area contributed by atoms with E-state index in [1.807, 2.05) is 0 Å². The van der Waals surface area contributed by atoms with Crippen LogP contribution < -0.4 is 10.6 Å². The first-order valence-corrected chi connectivity index (χ1v) is 4.39. The maximum atomic E-state index is 11.0. The smallest absolute Gasteiger partial charge is 0.323 e. The highest BCUT2D eigenvalue weighted by Gasteiger charge is 2.36. The number of carboxylic acids is 1. The number of carbonyl (C=O) groups excluding carboxylic acids is 1. The fourth-order valence-electron chi connectivity index (χ4n) is 1.25. The Morgan fingerprint density at radius 3 is 2.69 bits per heavy atom. The number of rotatable bonds is 4. The number of nitrogens with one attached hydrogen (secondary N) is 2. The van der Waals surface area contributed by atoms with Crippen LogP contribution in [0.3, 0.4) is 0 Å². The van der Waals surface area contributed by atoms with E-state index < -0.39 is 5.97 Å². The zero-order valence-corrected chi connectivity index (χ0v) is 7.54. The minimum absolute atomic E-state index is 0.249. The molecule has 2 amide bonds. The average molecular weight is 186 g/mol. The van der Waals surface area contributed by atoms with Gasteiger partial charge in [-0.05, 0) is 12.3 Å². The fourth-order valence-corrected chi connectivity index (χ4v) is 1.25. The first-order chi connectivity index (χ1) is 6.13. The van der Waals surface area contributed by atoms with Crippen molar-refractivity contribution in [1.29, 1.82) is 0 Å². The van der Waals surface area contributed by atoms with Crippen molar-refractivity contribution in [3.05, 3.63) is 0 Å². The molecular weight excluding hydrogens is 172 g/mol. The Labute approximate surface area is 76.5 Å². The van der Waals surface area contributed by atoms with E-state index in [0.717, 1.165) is 12.8 Å². The van der Waals surface area contributed by atoms with Gasteiger partial charge in [-0.25, -0.2) is 4.79 Å². The van der Waals surface area contributed by atoms with E-state index in [1.165, 1.54) is 0 Å². The Morgan fingerprint density at radius 2 is 2.23 bits per heavy atom. The van der Waals surface area contributed by atoms with Gasteiger partial charge in [0.2, 0.25) is 0 Å². The van der Waals surface area contributed by atoms with Gasteiger partial charge in [0.25, 0.3) is 0 Å². The SMILES string of the molecule is CCC1CC1NC(=O)NCC(=O)O. The van der Waals surface area contributed by atoms with Crippen molar-refractivity contribution in [2.75, 3.05) is 6.54 Å². The lowest BCUT2D eigenvalue weighted by Gasteiger charge is -2.03. The predicted molar refractivity (Wildman–Crippen MR) is 46.4 cm³/mol. The van der Waals surface area contributed by atoms with E-state index in [-0.39, 0.29) is 18.6 Å². The van der Waals surface area contributed by atoms with Crippen LogP contribution in [0.25, 0.3) is 0 Å². The summed E-state index contributed by atoms with van der Waals surface area (Å²) in [5.41, 5.74) is 0. The summed E-state index contributed by atoms with van der Waals surface area (Å²) >= 11 is 0. The summed E-state index contributed by atoms with van der Waals surface area (Å²) in [6.07, 6.45) is 2.07. The van der Waals surface area contributed by atoms with Gasteiger partial charge in [-0.15, -0.1) is 0 Å². The Morgan fingerprint density at radius 1 is 1.54 bits per heavy atom. The van der Waals surface area contributed by atoms with E-state index in [0.29, 0.717) is 5.92 Å². The average Bonchev–Trinajstić information content (AvgIpc) is 2.80. The van der Waals surface area contributed by atoms with Gasteiger partial charge in [-0.2, -0.15) is 0 Å². The first kappa shape index (κ1) is 9.83. The summed E-state index contributed by atoms with van der Waals surface area (Å²) in [7, 11) is 0. The molecule has 1 fully saturated rings. The quantitative estimate of drug-likeness (QED) is 0.585. The van der Waals surface area contributed by atoms with Crippen LogP contribution in [0.15, 0.2) is 0 Å². The molecule has 0 spiro atoms. The molecule has 2 unspecified atom stereocenters. The molecule has 1 saturated carbocycles. The molecule has 5 nitrogen and oxygen atoms in total. The van der Waals surface area contributed by atoms with Crippen molar-refractivity contribution >= 4 is 12.0 Å². The van der Waals surface area contributed by atoms with E-state index in [2.05, 4.69) is 17.6 Å². The lowest BCUT2D eigenvalue weighted by molar-refractivity contribution is -0.135. The monoisotopic (exact) mass is 186 g/mol. The molecule has 0 aromatic carbocycles. The number of carbonyl (C=O) groups is 2. The van der Waals surface area contributed by atoms with Crippen molar-refractivity contribution < 1.29 is 14.7 Å². The van der Waals surface area contributed by atoms with Crippen LogP contribution in [0.4, 0.5) is 4.79 Å². The zero-order chi connectivity index (χ0) is 9.84. The van der Waals surface area contributed by atoms with Gasteiger partial charge in [0.1, 0.15) is 6.54 Å². The molecule has 0 bridgehead atoms. The molecule has 3 N–H and O–H groups in total. The molecule has 1 aliphatic carbocycles. The topological polar surface area (TPSA) is 78.4 Å². The Balaban J connectivity index is 2.09. The van der Waals surface area contributed by atoms with Crippen molar-refractivity contribution in [2.45, 2.75) is 25.8 Å². The minimum atomic E-state index is -1.03. The number of urea groups is 1. The maximum absolute atomic E-state index is 11.0. The summed E-state index contributed by atoms with van der Waals surface area (Å²) in [6.45, 7) is 1.75. The molecule has 0 aromatic rings. The standard InChI is InChI=1S/C8H14N2O3/c1-2-5-3-6(5)10-8(13)9-4-7(11)12/h5-6H,2-4H2,1H3,(H,11,12)(H2,9,10,13). The van der Waals surface area contributed by atoms with Gasteiger partial charge in [0.05, 0.1) is 0 Å². The third-order valence-electron chi connectivity index (χ3n) is 2.16. The van der Waals surface area contributed by atoms with Crippen LogP contribution >= 0.6 is 0 Å². The highest BCUT2D eigenvalue weighted by atomic mass is 16.4. The van der Waals surface area contributed by atoms with Gasteiger partial charge in [0.15, 0.2) is 0 Å². The van der Waals surface area contributed by atoms with E-state index in [1.54, 1.807) is 0 Å². The van der Waals surface area contributed by atoms with Gasteiger partial charge in [-0.1, -0.05) is 13.3 Å². The lowest BCUT2D eigenvalue weighted by atomic mass is 10.3. The lowest BCUT2D eigenvalue weighted by Crippen LogP contribution is -2.39. The van der Waals surface area contributed by atoms with Crippen molar-refractivity contribution in [3.8, 4) is 0 Å². The molecule has 1 aliphatic rings. The summed E-state index contributed by atoms with van der Waals surface area (Å²) in [5, 5.41) is 13.2. The van der Waals surface area contributed by atoms with Crippen LogP contribution in [-0.4, -0.2) is 29.7 Å². The third kappa shape index (κ3) is 3.31. The summed E-state index contributed by atoms with van der Waals surface area (Å²) in [5.74, 6) is -0.450. The Hall–Kier alpha value is -1.26. The highest BCUT2D eigenvalue weighted by Crippen LogP contribution is 2.32. The number of amides is 2. The molecular formula is C8H14N2O3. The number of hydrogen-bond acceptors (Lipinski definition) is 2. The summed E-state index contributed by atoms with van der Waals surface area (Å²) in [6, 6.07) is -0.137. The fraction of sp³-hybridized carbons (Fsp3) is 0.750. The molecule has 74 valence electrons. The summed E-state index contributed by atoms with van der Waals surface area (Å²) in [4.78, 5) is 21.1. The molecule has 0 saturated heterocycles. The van der Waals surface area contributed by atoms with Crippen LogP contribution in [0, 0.1) is 5.92 Å². The molecule has 5 heteroatoms. The van der Waals surface area contributed by atoms with E-state index >= 15 is 0 Å². The predicted octanol–water partition coefficient (Wildman–Crippen LogP) is 0.169. The number of hydrogen-bond donors (Lipinski definition) is 3. The molecule has 0 radical (unpaired) electrons.